The highest BCUT2D eigenvalue weighted by molar-refractivity contribution is 7.92. The van der Waals surface area contributed by atoms with Crippen molar-refractivity contribution >= 4 is 9.84 Å². The van der Waals surface area contributed by atoms with Gasteiger partial charge in [0.05, 0.1) is 11.0 Å². The number of rotatable bonds is 7. The predicted molar refractivity (Wildman–Crippen MR) is 81.2 cm³/mol. The Morgan fingerprint density at radius 1 is 1.26 bits per heavy atom. The summed E-state index contributed by atoms with van der Waals surface area (Å²) >= 11 is 0. The first-order valence-electron chi connectivity index (χ1n) is 7.48. The molecule has 0 spiro atoms. The smallest absolute Gasteiger partial charge is 0.153 e. The van der Waals surface area contributed by atoms with Crippen LogP contribution in [0.15, 0.2) is 0 Å². The first kappa shape index (κ1) is 16.9. The molecule has 1 atom stereocenters. The van der Waals surface area contributed by atoms with Crippen LogP contribution in [0.4, 0.5) is 0 Å². The Morgan fingerprint density at radius 3 is 2.53 bits per heavy atom. The lowest BCUT2D eigenvalue weighted by molar-refractivity contribution is 0.179. The van der Waals surface area contributed by atoms with Gasteiger partial charge in [-0.1, -0.05) is 13.8 Å². The molecule has 19 heavy (non-hydrogen) atoms. The van der Waals surface area contributed by atoms with Gasteiger partial charge in [-0.25, -0.2) is 8.42 Å². The van der Waals surface area contributed by atoms with Crippen molar-refractivity contribution in [2.75, 3.05) is 31.9 Å². The summed E-state index contributed by atoms with van der Waals surface area (Å²) in [5, 5.41) is 3.23. The van der Waals surface area contributed by atoms with Crippen molar-refractivity contribution in [3.63, 3.8) is 0 Å². The molecule has 1 saturated heterocycles. The van der Waals surface area contributed by atoms with E-state index in [1.807, 2.05) is 0 Å². The average molecular weight is 290 g/mol. The van der Waals surface area contributed by atoms with Crippen molar-refractivity contribution in [2.45, 2.75) is 51.8 Å². The third-order valence-electron chi connectivity index (χ3n) is 3.83. The first-order valence-corrected chi connectivity index (χ1v) is 9.20. The van der Waals surface area contributed by atoms with Gasteiger partial charge in [0.15, 0.2) is 9.84 Å². The molecule has 4 nitrogen and oxygen atoms in total. The molecule has 0 aromatic rings. The summed E-state index contributed by atoms with van der Waals surface area (Å²) in [4.78, 5) is 2.32. The Morgan fingerprint density at radius 2 is 1.95 bits per heavy atom. The number of piperidine rings is 1. The lowest BCUT2D eigenvalue weighted by Gasteiger charge is -2.33. The van der Waals surface area contributed by atoms with Crippen molar-refractivity contribution in [2.24, 2.45) is 5.92 Å². The Labute approximate surface area is 118 Å². The second kappa shape index (κ2) is 7.60. The minimum absolute atomic E-state index is 0.254. The molecule has 114 valence electrons. The van der Waals surface area contributed by atoms with Gasteiger partial charge in [0.2, 0.25) is 0 Å². The van der Waals surface area contributed by atoms with E-state index in [1.54, 1.807) is 13.8 Å². The molecule has 1 rings (SSSR count). The second-order valence-corrected chi connectivity index (χ2v) is 8.96. The second-order valence-electron chi connectivity index (χ2n) is 6.29. The van der Waals surface area contributed by atoms with Crippen molar-refractivity contribution in [3.8, 4) is 0 Å². The Balaban J connectivity index is 2.35. The van der Waals surface area contributed by atoms with Gasteiger partial charge in [0.25, 0.3) is 0 Å². The number of sulfone groups is 1. The summed E-state index contributed by atoms with van der Waals surface area (Å²) in [6, 6.07) is 0.525. The summed E-state index contributed by atoms with van der Waals surface area (Å²) in [7, 11) is -2.90. The largest absolute Gasteiger partial charge is 0.314 e. The molecule has 1 N–H and O–H groups in total. The molecule has 1 fully saturated rings. The SMILES string of the molecule is CC(C)NCC1CCCN(CCS(=O)(=O)C(C)C)C1. The summed E-state index contributed by atoms with van der Waals surface area (Å²) in [5.41, 5.74) is 0. The molecule has 0 saturated carbocycles. The van der Waals surface area contributed by atoms with Crippen LogP contribution in [0.2, 0.25) is 0 Å². The zero-order valence-corrected chi connectivity index (χ0v) is 13.7. The lowest BCUT2D eigenvalue weighted by atomic mass is 9.98. The minimum atomic E-state index is -2.90. The van der Waals surface area contributed by atoms with E-state index in [1.165, 1.54) is 12.8 Å². The number of hydrogen-bond donors (Lipinski definition) is 1. The first-order chi connectivity index (χ1) is 8.81. The van der Waals surface area contributed by atoms with Crippen molar-refractivity contribution in [1.29, 1.82) is 0 Å². The van der Waals surface area contributed by atoms with E-state index < -0.39 is 9.84 Å². The van der Waals surface area contributed by atoms with Crippen LogP contribution in [0.3, 0.4) is 0 Å². The van der Waals surface area contributed by atoms with Crippen molar-refractivity contribution in [3.05, 3.63) is 0 Å². The zero-order valence-electron chi connectivity index (χ0n) is 12.9. The van der Waals surface area contributed by atoms with Gasteiger partial charge in [0.1, 0.15) is 0 Å². The van der Waals surface area contributed by atoms with Crippen LogP contribution in [0.25, 0.3) is 0 Å². The fourth-order valence-corrected chi connectivity index (χ4v) is 3.40. The maximum Gasteiger partial charge on any atom is 0.153 e. The van der Waals surface area contributed by atoms with Crippen molar-refractivity contribution in [1.82, 2.24) is 10.2 Å². The highest BCUT2D eigenvalue weighted by Crippen LogP contribution is 2.16. The summed E-state index contributed by atoms with van der Waals surface area (Å²) in [5.74, 6) is 0.965. The number of hydrogen-bond acceptors (Lipinski definition) is 4. The van der Waals surface area contributed by atoms with Crippen LogP contribution >= 0.6 is 0 Å². The van der Waals surface area contributed by atoms with Gasteiger partial charge in [-0.2, -0.15) is 0 Å². The highest BCUT2D eigenvalue weighted by Gasteiger charge is 2.22. The molecule has 0 amide bonds. The molecule has 0 radical (unpaired) electrons. The molecule has 0 aliphatic carbocycles. The Kier molecular flexibility index (Phi) is 6.77. The lowest BCUT2D eigenvalue weighted by Crippen LogP contribution is -2.43. The van der Waals surface area contributed by atoms with Gasteiger partial charge >= 0.3 is 0 Å². The van der Waals surface area contributed by atoms with Crippen LogP contribution in [0.1, 0.15) is 40.5 Å². The van der Waals surface area contributed by atoms with Crippen LogP contribution in [0, 0.1) is 5.92 Å². The topological polar surface area (TPSA) is 49.4 Å². The van der Waals surface area contributed by atoms with E-state index in [9.17, 15) is 8.42 Å². The molecular formula is C14H30N2O2S. The Hall–Kier alpha value is -0.130. The van der Waals surface area contributed by atoms with Gasteiger partial charge in [-0.3, -0.25) is 0 Å². The molecule has 0 aromatic heterocycles. The zero-order chi connectivity index (χ0) is 14.5. The summed E-state index contributed by atoms with van der Waals surface area (Å²) in [6.45, 7) is 11.7. The van der Waals surface area contributed by atoms with Crippen LogP contribution in [0.5, 0.6) is 0 Å². The summed E-state index contributed by atoms with van der Waals surface area (Å²) in [6.07, 6.45) is 2.44. The minimum Gasteiger partial charge on any atom is -0.314 e. The van der Waals surface area contributed by atoms with Gasteiger partial charge < -0.3 is 10.2 Å². The molecule has 0 aromatic carbocycles. The van der Waals surface area contributed by atoms with Crippen LogP contribution < -0.4 is 5.32 Å². The highest BCUT2D eigenvalue weighted by atomic mass is 32.2. The van der Waals surface area contributed by atoms with E-state index >= 15 is 0 Å². The predicted octanol–water partition coefficient (Wildman–Crippen LogP) is 1.52. The number of likely N-dealkylation sites (tertiary alicyclic amines) is 1. The normalized spacial score (nSPS) is 22.3. The third kappa shape index (κ3) is 6.23. The monoisotopic (exact) mass is 290 g/mol. The number of nitrogens with one attached hydrogen (secondary N) is 1. The Bertz CT molecular complexity index is 352. The maximum atomic E-state index is 11.8. The fourth-order valence-electron chi connectivity index (χ4n) is 2.42. The maximum absolute atomic E-state index is 11.8. The van der Waals surface area contributed by atoms with Crippen LogP contribution in [-0.4, -0.2) is 56.5 Å². The quantitative estimate of drug-likeness (QED) is 0.772. The molecule has 5 heteroatoms. The molecule has 1 aliphatic heterocycles. The van der Waals surface area contributed by atoms with E-state index in [-0.39, 0.29) is 5.25 Å². The number of nitrogens with zero attached hydrogens (tertiary/aromatic N) is 1. The summed E-state index contributed by atoms with van der Waals surface area (Å²) < 4.78 is 23.7. The molecule has 1 heterocycles. The molecule has 1 aliphatic rings. The van der Waals surface area contributed by atoms with Gasteiger partial charge in [0, 0.05) is 19.1 Å². The third-order valence-corrected chi connectivity index (χ3v) is 6.02. The van der Waals surface area contributed by atoms with E-state index in [2.05, 4.69) is 24.1 Å². The molecule has 1 unspecified atom stereocenters. The van der Waals surface area contributed by atoms with Crippen LogP contribution in [-0.2, 0) is 9.84 Å². The average Bonchev–Trinajstić information content (AvgIpc) is 2.34. The fraction of sp³-hybridized carbons (Fsp3) is 1.00. The van der Waals surface area contributed by atoms with Gasteiger partial charge in [-0.05, 0) is 45.7 Å². The van der Waals surface area contributed by atoms with Crippen molar-refractivity contribution < 1.29 is 8.42 Å². The molecule has 0 bridgehead atoms. The van der Waals surface area contributed by atoms with E-state index in [4.69, 9.17) is 0 Å². The van der Waals surface area contributed by atoms with E-state index in [0.29, 0.717) is 24.3 Å². The molecular weight excluding hydrogens is 260 g/mol. The standard InChI is InChI=1S/C14H30N2O2S/c1-12(2)15-10-14-6-5-7-16(11-14)8-9-19(17,18)13(3)4/h12-15H,5-11H2,1-4H3. The van der Waals surface area contributed by atoms with E-state index in [0.717, 1.165) is 19.6 Å². The van der Waals surface area contributed by atoms with Gasteiger partial charge in [-0.15, -0.1) is 0 Å².